The van der Waals surface area contributed by atoms with Gasteiger partial charge in [0.15, 0.2) is 6.61 Å². The van der Waals surface area contributed by atoms with Gasteiger partial charge in [-0.2, -0.15) is 0 Å². The number of nitrogens with two attached hydrogens (primary N) is 1. The molecule has 0 atom stereocenters. The maximum Gasteiger partial charge on any atom is 0.343 e. The van der Waals surface area contributed by atoms with E-state index in [1.807, 2.05) is 0 Å². The molecule has 0 aliphatic heterocycles. The van der Waals surface area contributed by atoms with E-state index in [0.29, 0.717) is 24.3 Å². The molecule has 0 unspecified atom stereocenters. The van der Waals surface area contributed by atoms with Crippen molar-refractivity contribution < 1.29 is 19.1 Å². The molecule has 0 heterocycles. The lowest BCUT2D eigenvalue weighted by Gasteiger charge is -2.11. The molecule has 6 nitrogen and oxygen atoms in total. The number of carbonyl (C=O) groups excluding carboxylic acids is 2. The number of rotatable bonds is 5. The molecule has 3 N–H and O–H groups in total. The van der Waals surface area contributed by atoms with Crippen LogP contribution in [0.5, 0.6) is 5.75 Å². The predicted octanol–water partition coefficient (Wildman–Crippen LogP) is 1.09. The summed E-state index contributed by atoms with van der Waals surface area (Å²) in [6.45, 7) is -0.172. The van der Waals surface area contributed by atoms with Crippen LogP contribution in [0.4, 0.5) is 5.69 Å². The van der Waals surface area contributed by atoms with Gasteiger partial charge in [0.1, 0.15) is 5.75 Å². The normalized spacial score (nSPS) is 14.7. The molecule has 110 valence electrons. The van der Waals surface area contributed by atoms with Crippen LogP contribution in [0.25, 0.3) is 0 Å². The zero-order valence-electron chi connectivity index (χ0n) is 11.0. The van der Waals surface area contributed by atoms with Gasteiger partial charge >= 0.3 is 5.97 Å². The monoisotopic (exact) mass is 300 g/mol. The van der Waals surface area contributed by atoms with E-state index in [4.69, 9.17) is 10.5 Å². The van der Waals surface area contributed by atoms with Crippen molar-refractivity contribution in [1.29, 1.82) is 0 Å². The molecule has 0 radical (unpaired) electrons. The molecule has 1 fully saturated rings. The van der Waals surface area contributed by atoms with Gasteiger partial charge in [0.2, 0.25) is 5.91 Å². The molecule has 1 aromatic carbocycles. The molecule has 1 amide bonds. The van der Waals surface area contributed by atoms with Gasteiger partial charge in [-0.05, 0) is 25.0 Å². The van der Waals surface area contributed by atoms with Gasteiger partial charge in [-0.3, -0.25) is 4.79 Å². The first kappa shape index (κ1) is 16.3. The molecule has 1 aliphatic rings. The number of amides is 1. The first-order valence-electron chi connectivity index (χ1n) is 5.93. The zero-order valence-corrected chi connectivity index (χ0v) is 11.9. The summed E-state index contributed by atoms with van der Waals surface area (Å²) in [4.78, 5) is 22.7. The summed E-state index contributed by atoms with van der Waals surface area (Å²) >= 11 is 0. The molecule has 2 rings (SSSR count). The number of esters is 1. The van der Waals surface area contributed by atoms with E-state index in [1.165, 1.54) is 7.11 Å². The number of nitrogens with one attached hydrogen (secondary N) is 1. The second-order valence-corrected chi connectivity index (χ2v) is 4.50. The van der Waals surface area contributed by atoms with Crippen LogP contribution < -0.4 is 15.8 Å². The third kappa shape index (κ3) is 4.11. The Hall–Kier alpha value is -1.79. The maximum absolute atomic E-state index is 11.8. The number of carbonyl (C=O) groups is 2. The van der Waals surface area contributed by atoms with E-state index in [2.05, 4.69) is 10.1 Å². The third-order valence-corrected chi connectivity index (χ3v) is 2.92. The van der Waals surface area contributed by atoms with Crippen LogP contribution in [0.1, 0.15) is 12.8 Å². The number of hydrogen-bond acceptors (Lipinski definition) is 5. The van der Waals surface area contributed by atoms with Gasteiger partial charge < -0.3 is 20.5 Å². The van der Waals surface area contributed by atoms with Crippen molar-refractivity contribution in [2.75, 3.05) is 19.0 Å². The van der Waals surface area contributed by atoms with Gasteiger partial charge in [-0.15, -0.1) is 12.4 Å². The Balaban J connectivity index is 0.00000200. The quantitative estimate of drug-likeness (QED) is 0.794. The number of benzene rings is 1. The van der Waals surface area contributed by atoms with Crippen LogP contribution in [0.3, 0.4) is 0 Å². The topological polar surface area (TPSA) is 90.6 Å². The highest BCUT2D eigenvalue weighted by Gasteiger charge is 2.45. The summed E-state index contributed by atoms with van der Waals surface area (Å²) in [5.74, 6) is -0.184. The maximum atomic E-state index is 11.8. The average molecular weight is 301 g/mol. The number of halogens is 1. The Morgan fingerprint density at radius 1 is 1.40 bits per heavy atom. The standard InChI is InChI=1S/C13H16N2O4.ClH/c1-18-11(16)8-19-10-4-2-3-9(7-10)15-12(17)13(14)5-6-13;/h2-4,7H,5-6,8,14H2,1H3,(H,15,17);1H. The summed E-state index contributed by atoms with van der Waals surface area (Å²) in [5.41, 5.74) is 5.66. The summed E-state index contributed by atoms with van der Waals surface area (Å²) < 4.78 is 9.69. The highest BCUT2D eigenvalue weighted by molar-refractivity contribution is 6.00. The van der Waals surface area contributed by atoms with E-state index >= 15 is 0 Å². The lowest BCUT2D eigenvalue weighted by Crippen LogP contribution is -2.37. The zero-order chi connectivity index (χ0) is 13.9. The van der Waals surface area contributed by atoms with Crippen molar-refractivity contribution in [3.8, 4) is 5.75 Å². The molecular weight excluding hydrogens is 284 g/mol. The minimum Gasteiger partial charge on any atom is -0.482 e. The Kier molecular flexibility index (Phi) is 5.35. The van der Waals surface area contributed by atoms with Crippen molar-refractivity contribution in [1.82, 2.24) is 0 Å². The van der Waals surface area contributed by atoms with E-state index in [0.717, 1.165) is 0 Å². The largest absolute Gasteiger partial charge is 0.482 e. The number of methoxy groups -OCH3 is 1. The number of anilines is 1. The highest BCUT2D eigenvalue weighted by Crippen LogP contribution is 2.33. The van der Waals surface area contributed by atoms with Crippen LogP contribution >= 0.6 is 12.4 Å². The Morgan fingerprint density at radius 2 is 2.10 bits per heavy atom. The van der Waals surface area contributed by atoms with Gasteiger partial charge in [-0.25, -0.2) is 4.79 Å². The van der Waals surface area contributed by atoms with Crippen LogP contribution in [0.2, 0.25) is 0 Å². The summed E-state index contributed by atoms with van der Waals surface area (Å²) in [6, 6.07) is 6.77. The fraction of sp³-hybridized carbons (Fsp3) is 0.385. The molecule has 1 aromatic rings. The number of ether oxygens (including phenoxy) is 2. The highest BCUT2D eigenvalue weighted by atomic mass is 35.5. The SMILES string of the molecule is COC(=O)COc1cccc(NC(=O)C2(N)CC2)c1.Cl. The Labute approximate surface area is 123 Å². The van der Waals surface area contributed by atoms with Crippen molar-refractivity contribution in [3.63, 3.8) is 0 Å². The first-order chi connectivity index (χ1) is 9.03. The summed E-state index contributed by atoms with van der Waals surface area (Å²) in [7, 11) is 1.29. The van der Waals surface area contributed by atoms with Crippen molar-refractivity contribution in [2.45, 2.75) is 18.4 Å². The minimum absolute atomic E-state index is 0. The van der Waals surface area contributed by atoms with Gasteiger partial charge in [0, 0.05) is 11.8 Å². The Morgan fingerprint density at radius 3 is 2.70 bits per heavy atom. The van der Waals surface area contributed by atoms with Gasteiger partial charge in [0.05, 0.1) is 12.6 Å². The van der Waals surface area contributed by atoms with E-state index in [-0.39, 0.29) is 24.9 Å². The fourth-order valence-electron chi connectivity index (χ4n) is 1.48. The van der Waals surface area contributed by atoms with Crippen molar-refractivity contribution in [3.05, 3.63) is 24.3 Å². The summed E-state index contributed by atoms with van der Waals surface area (Å²) in [5, 5.41) is 2.73. The van der Waals surface area contributed by atoms with Crippen LogP contribution in [0.15, 0.2) is 24.3 Å². The predicted molar refractivity (Wildman–Crippen MR) is 76.0 cm³/mol. The molecule has 1 saturated carbocycles. The molecular formula is C13H17ClN2O4. The molecule has 1 aliphatic carbocycles. The van der Waals surface area contributed by atoms with E-state index in [1.54, 1.807) is 24.3 Å². The number of hydrogen-bond donors (Lipinski definition) is 2. The summed E-state index contributed by atoms with van der Waals surface area (Å²) in [6.07, 6.45) is 1.41. The minimum atomic E-state index is -0.719. The lowest BCUT2D eigenvalue weighted by molar-refractivity contribution is -0.142. The van der Waals surface area contributed by atoms with Crippen molar-refractivity contribution in [2.24, 2.45) is 5.73 Å². The molecule has 0 spiro atoms. The second-order valence-electron chi connectivity index (χ2n) is 4.50. The smallest absolute Gasteiger partial charge is 0.343 e. The third-order valence-electron chi connectivity index (χ3n) is 2.92. The second kappa shape index (κ2) is 6.58. The van der Waals surface area contributed by atoms with Gasteiger partial charge in [0.25, 0.3) is 0 Å². The fourth-order valence-corrected chi connectivity index (χ4v) is 1.48. The molecule has 20 heavy (non-hydrogen) atoms. The lowest BCUT2D eigenvalue weighted by atomic mass is 10.2. The van der Waals surface area contributed by atoms with E-state index in [9.17, 15) is 9.59 Å². The van der Waals surface area contributed by atoms with Crippen LogP contribution in [-0.4, -0.2) is 31.1 Å². The molecule has 0 bridgehead atoms. The molecule has 0 aromatic heterocycles. The van der Waals surface area contributed by atoms with Gasteiger partial charge in [-0.1, -0.05) is 6.07 Å². The molecule has 7 heteroatoms. The van der Waals surface area contributed by atoms with Crippen LogP contribution in [-0.2, 0) is 14.3 Å². The first-order valence-corrected chi connectivity index (χ1v) is 5.93. The Bertz CT molecular complexity index is 503. The van der Waals surface area contributed by atoms with Crippen molar-refractivity contribution >= 4 is 30.0 Å². The van der Waals surface area contributed by atoms with Crippen LogP contribution in [0, 0.1) is 0 Å². The van der Waals surface area contributed by atoms with E-state index < -0.39 is 11.5 Å². The molecule has 0 saturated heterocycles. The average Bonchev–Trinajstić information content (AvgIpc) is 3.16.